The van der Waals surface area contributed by atoms with Crippen molar-refractivity contribution in [2.24, 2.45) is 5.73 Å². The SMILES string of the molecule is C/C=C1\[C@H]2CC(C)=C[C@]1(N)Cc1[nH]ncc12. The molecule has 0 aliphatic heterocycles. The van der Waals surface area contributed by atoms with Gasteiger partial charge in [-0.15, -0.1) is 0 Å². The summed E-state index contributed by atoms with van der Waals surface area (Å²) in [5.41, 5.74) is 11.5. The minimum absolute atomic E-state index is 0.290. The number of aromatic amines is 1. The highest BCUT2D eigenvalue weighted by molar-refractivity contribution is 5.50. The lowest BCUT2D eigenvalue weighted by Gasteiger charge is -2.43. The van der Waals surface area contributed by atoms with Gasteiger partial charge in [-0.1, -0.05) is 17.7 Å². The summed E-state index contributed by atoms with van der Waals surface area (Å²) < 4.78 is 0. The highest BCUT2D eigenvalue weighted by Crippen LogP contribution is 2.47. The van der Waals surface area contributed by atoms with Crippen molar-refractivity contribution in [3.63, 3.8) is 0 Å². The van der Waals surface area contributed by atoms with Gasteiger partial charge >= 0.3 is 0 Å². The Balaban J connectivity index is 2.23. The molecule has 0 saturated carbocycles. The van der Waals surface area contributed by atoms with Gasteiger partial charge in [0.2, 0.25) is 0 Å². The molecule has 1 aromatic rings. The Kier molecular flexibility index (Phi) is 1.89. The van der Waals surface area contributed by atoms with Gasteiger partial charge in [-0.2, -0.15) is 5.10 Å². The third kappa shape index (κ3) is 1.15. The standard InChI is InChI=1S/C13H17N3/c1-3-11-9-4-8(2)5-13(11,14)6-12-10(9)7-15-16-12/h3,5,7,9H,4,6,14H2,1-2H3,(H,15,16)/b11-3+/t9-,13-/m0/s1. The minimum atomic E-state index is -0.290. The van der Waals surface area contributed by atoms with Crippen molar-refractivity contribution in [1.29, 1.82) is 0 Å². The molecule has 0 spiro atoms. The minimum Gasteiger partial charge on any atom is -0.318 e. The zero-order chi connectivity index (χ0) is 11.3. The third-order valence-corrected chi connectivity index (χ3v) is 3.85. The molecule has 0 radical (unpaired) electrons. The Labute approximate surface area is 95.4 Å². The maximum atomic E-state index is 6.53. The first kappa shape index (κ1) is 9.85. The summed E-state index contributed by atoms with van der Waals surface area (Å²) in [7, 11) is 0. The molecule has 2 bridgehead atoms. The molecule has 3 N–H and O–H groups in total. The van der Waals surface area contributed by atoms with Crippen molar-refractivity contribution in [3.05, 3.63) is 40.8 Å². The Bertz CT molecular complexity index is 495. The second-order valence-electron chi connectivity index (χ2n) is 5.01. The zero-order valence-corrected chi connectivity index (χ0v) is 9.75. The summed E-state index contributed by atoms with van der Waals surface area (Å²) in [6.45, 7) is 4.26. The average molecular weight is 215 g/mol. The van der Waals surface area contributed by atoms with E-state index in [1.165, 1.54) is 22.4 Å². The number of nitrogens with one attached hydrogen (secondary N) is 1. The van der Waals surface area contributed by atoms with Gasteiger partial charge < -0.3 is 5.73 Å². The van der Waals surface area contributed by atoms with Crippen LogP contribution in [0.25, 0.3) is 0 Å². The summed E-state index contributed by atoms with van der Waals surface area (Å²) in [5.74, 6) is 0.433. The number of H-pyrrole nitrogens is 1. The van der Waals surface area contributed by atoms with Crippen LogP contribution in [0.3, 0.4) is 0 Å². The van der Waals surface area contributed by atoms with E-state index < -0.39 is 0 Å². The van der Waals surface area contributed by atoms with E-state index in [9.17, 15) is 0 Å². The van der Waals surface area contributed by atoms with Crippen LogP contribution in [0.4, 0.5) is 0 Å². The first-order chi connectivity index (χ1) is 7.64. The second kappa shape index (κ2) is 3.08. The molecule has 84 valence electrons. The Morgan fingerprint density at radius 1 is 1.62 bits per heavy atom. The summed E-state index contributed by atoms with van der Waals surface area (Å²) >= 11 is 0. The smallest absolute Gasteiger partial charge is 0.0619 e. The molecule has 3 heteroatoms. The van der Waals surface area contributed by atoms with Gasteiger partial charge in [-0.3, -0.25) is 5.10 Å². The number of fused-ring (bicyclic) bond motifs is 4. The molecule has 0 amide bonds. The molecule has 1 aromatic heterocycles. The van der Waals surface area contributed by atoms with Crippen LogP contribution in [-0.4, -0.2) is 15.7 Å². The molecule has 2 atom stereocenters. The van der Waals surface area contributed by atoms with Crippen LogP contribution in [0, 0.1) is 0 Å². The molecule has 1 heterocycles. The molecule has 0 fully saturated rings. The normalized spacial score (nSPS) is 34.8. The molecule has 0 aromatic carbocycles. The summed E-state index contributed by atoms with van der Waals surface area (Å²) in [5, 5.41) is 7.24. The number of allylic oxidation sites excluding steroid dienone is 2. The first-order valence-corrected chi connectivity index (χ1v) is 5.80. The number of aromatic nitrogens is 2. The molecule has 0 unspecified atom stereocenters. The van der Waals surface area contributed by atoms with Crippen molar-refractivity contribution in [1.82, 2.24) is 10.2 Å². The van der Waals surface area contributed by atoms with Crippen LogP contribution < -0.4 is 5.73 Å². The van der Waals surface area contributed by atoms with Gasteiger partial charge in [0.15, 0.2) is 0 Å². The molecular weight excluding hydrogens is 198 g/mol. The molecule has 2 aliphatic rings. The molecule has 3 rings (SSSR count). The Hall–Kier alpha value is -1.35. The number of nitrogens with zero attached hydrogens (tertiary/aromatic N) is 1. The van der Waals surface area contributed by atoms with E-state index in [1.54, 1.807) is 0 Å². The zero-order valence-electron chi connectivity index (χ0n) is 9.75. The predicted octanol–water partition coefficient (Wildman–Crippen LogP) is 2.04. The van der Waals surface area contributed by atoms with Crippen LogP contribution >= 0.6 is 0 Å². The van der Waals surface area contributed by atoms with Crippen molar-refractivity contribution in [3.8, 4) is 0 Å². The third-order valence-electron chi connectivity index (χ3n) is 3.85. The van der Waals surface area contributed by atoms with E-state index in [0.717, 1.165) is 12.8 Å². The van der Waals surface area contributed by atoms with Crippen molar-refractivity contribution < 1.29 is 0 Å². The first-order valence-electron chi connectivity index (χ1n) is 5.80. The lowest BCUT2D eigenvalue weighted by atomic mass is 9.65. The topological polar surface area (TPSA) is 54.7 Å². The van der Waals surface area contributed by atoms with Gasteiger partial charge in [0, 0.05) is 23.6 Å². The van der Waals surface area contributed by atoms with E-state index in [4.69, 9.17) is 5.73 Å². The number of rotatable bonds is 0. The van der Waals surface area contributed by atoms with Crippen LogP contribution in [0.2, 0.25) is 0 Å². The van der Waals surface area contributed by atoms with E-state index in [-0.39, 0.29) is 5.54 Å². The van der Waals surface area contributed by atoms with E-state index in [0.29, 0.717) is 5.92 Å². The molecular formula is C13H17N3. The van der Waals surface area contributed by atoms with E-state index in [1.807, 2.05) is 6.20 Å². The van der Waals surface area contributed by atoms with Crippen LogP contribution in [0.1, 0.15) is 37.4 Å². The number of hydrogen-bond donors (Lipinski definition) is 2. The van der Waals surface area contributed by atoms with Crippen LogP contribution in [-0.2, 0) is 6.42 Å². The fourth-order valence-electron chi connectivity index (χ4n) is 3.30. The van der Waals surface area contributed by atoms with E-state index >= 15 is 0 Å². The summed E-state index contributed by atoms with van der Waals surface area (Å²) in [6.07, 6.45) is 8.29. The highest BCUT2D eigenvalue weighted by atomic mass is 15.1. The second-order valence-corrected chi connectivity index (χ2v) is 5.01. The Morgan fingerprint density at radius 3 is 3.19 bits per heavy atom. The maximum Gasteiger partial charge on any atom is 0.0619 e. The maximum absolute atomic E-state index is 6.53. The quantitative estimate of drug-likeness (QED) is 0.651. The molecule has 3 nitrogen and oxygen atoms in total. The molecule has 16 heavy (non-hydrogen) atoms. The van der Waals surface area contributed by atoms with E-state index in [2.05, 4.69) is 36.2 Å². The van der Waals surface area contributed by atoms with Gasteiger partial charge in [0.1, 0.15) is 0 Å². The lowest BCUT2D eigenvalue weighted by molar-refractivity contribution is 0.486. The van der Waals surface area contributed by atoms with Crippen molar-refractivity contribution in [2.45, 2.75) is 38.1 Å². The van der Waals surface area contributed by atoms with Gasteiger partial charge in [0.25, 0.3) is 0 Å². The average Bonchev–Trinajstić information content (AvgIpc) is 2.63. The van der Waals surface area contributed by atoms with Gasteiger partial charge in [0.05, 0.1) is 11.7 Å². The molecule has 0 saturated heterocycles. The van der Waals surface area contributed by atoms with Crippen molar-refractivity contribution in [2.75, 3.05) is 0 Å². The highest BCUT2D eigenvalue weighted by Gasteiger charge is 2.42. The lowest BCUT2D eigenvalue weighted by Crippen LogP contribution is -2.49. The monoisotopic (exact) mass is 215 g/mol. The van der Waals surface area contributed by atoms with Crippen molar-refractivity contribution >= 4 is 0 Å². The Morgan fingerprint density at radius 2 is 2.44 bits per heavy atom. The van der Waals surface area contributed by atoms with Crippen LogP contribution in [0.5, 0.6) is 0 Å². The number of hydrogen-bond acceptors (Lipinski definition) is 2. The van der Waals surface area contributed by atoms with Gasteiger partial charge in [-0.05, 0) is 25.8 Å². The largest absolute Gasteiger partial charge is 0.318 e. The fourth-order valence-corrected chi connectivity index (χ4v) is 3.30. The number of nitrogens with two attached hydrogens (primary N) is 1. The summed E-state index contributed by atoms with van der Waals surface area (Å²) in [4.78, 5) is 0. The summed E-state index contributed by atoms with van der Waals surface area (Å²) in [6, 6.07) is 0. The predicted molar refractivity (Wildman–Crippen MR) is 64.1 cm³/mol. The van der Waals surface area contributed by atoms with Crippen LogP contribution in [0.15, 0.2) is 29.5 Å². The molecule has 2 aliphatic carbocycles. The fraction of sp³-hybridized carbons (Fsp3) is 0.462. The van der Waals surface area contributed by atoms with Gasteiger partial charge in [-0.25, -0.2) is 0 Å².